The van der Waals surface area contributed by atoms with Gasteiger partial charge in [0.05, 0.1) is 13.1 Å². The Hall–Kier alpha value is -2.47. The highest BCUT2D eigenvalue weighted by Gasteiger charge is 2.08. The summed E-state index contributed by atoms with van der Waals surface area (Å²) in [4.78, 5) is 19.3. The number of thioether (sulfide) groups is 1. The number of guanidine groups is 1. The smallest absolute Gasteiger partial charge is 0.241 e. The van der Waals surface area contributed by atoms with E-state index in [1.165, 1.54) is 16.0 Å². The lowest BCUT2D eigenvalue weighted by molar-refractivity contribution is -0.127. The van der Waals surface area contributed by atoms with Crippen LogP contribution in [0.5, 0.6) is 0 Å². The highest BCUT2D eigenvalue weighted by atomic mass is 32.2. The number of hydrogen-bond donors (Lipinski definition) is 2. The predicted octanol–water partition coefficient (Wildman–Crippen LogP) is 3.04. The minimum atomic E-state index is 0.00403. The van der Waals surface area contributed by atoms with Gasteiger partial charge in [0, 0.05) is 25.5 Å². The van der Waals surface area contributed by atoms with Crippen LogP contribution in [0.1, 0.15) is 16.7 Å². The Balaban J connectivity index is 2.07. The predicted molar refractivity (Wildman–Crippen MR) is 114 cm³/mol. The fourth-order valence-electron chi connectivity index (χ4n) is 2.42. The number of carbonyl (C=O) groups is 1. The lowest BCUT2D eigenvalue weighted by atomic mass is 10.1. The Bertz CT molecular complexity index is 775. The maximum Gasteiger partial charge on any atom is 0.241 e. The second-order valence-corrected chi connectivity index (χ2v) is 7.31. The van der Waals surface area contributed by atoms with Crippen molar-refractivity contribution in [1.82, 2.24) is 15.5 Å². The van der Waals surface area contributed by atoms with E-state index in [-0.39, 0.29) is 12.5 Å². The van der Waals surface area contributed by atoms with Gasteiger partial charge in [-0.15, -0.1) is 11.8 Å². The van der Waals surface area contributed by atoms with Gasteiger partial charge in [-0.05, 0) is 35.9 Å². The molecule has 2 N–H and O–H groups in total. The highest BCUT2D eigenvalue weighted by molar-refractivity contribution is 7.98. The minimum Gasteiger partial charge on any atom is -0.352 e. The highest BCUT2D eigenvalue weighted by Crippen LogP contribution is 2.21. The Morgan fingerprint density at radius 3 is 2.52 bits per heavy atom. The molecule has 0 spiro atoms. The van der Waals surface area contributed by atoms with E-state index in [9.17, 15) is 4.79 Å². The van der Waals surface area contributed by atoms with Gasteiger partial charge in [0.25, 0.3) is 0 Å². The van der Waals surface area contributed by atoms with Crippen LogP contribution < -0.4 is 10.6 Å². The van der Waals surface area contributed by atoms with Gasteiger partial charge < -0.3 is 15.5 Å². The van der Waals surface area contributed by atoms with Crippen molar-refractivity contribution in [1.29, 1.82) is 0 Å². The summed E-state index contributed by atoms with van der Waals surface area (Å²) in [6.45, 7) is 3.50. The van der Waals surface area contributed by atoms with Crippen LogP contribution in [0, 0.1) is 6.92 Å². The quantitative estimate of drug-likeness (QED) is 0.438. The Kier molecular flexibility index (Phi) is 8.20. The minimum absolute atomic E-state index is 0.00403. The molecule has 0 saturated carbocycles. The summed E-state index contributed by atoms with van der Waals surface area (Å²) in [5.74, 6) is 0.631. The molecule has 0 aliphatic heterocycles. The van der Waals surface area contributed by atoms with Crippen LogP contribution >= 0.6 is 11.8 Å². The average Bonchev–Trinajstić information content (AvgIpc) is 2.68. The molecule has 0 heterocycles. The second kappa shape index (κ2) is 10.6. The topological polar surface area (TPSA) is 56.7 Å². The number of amides is 1. The molecule has 5 nitrogen and oxygen atoms in total. The van der Waals surface area contributed by atoms with Crippen molar-refractivity contribution in [2.75, 3.05) is 26.9 Å². The molecule has 0 aliphatic rings. The first-order chi connectivity index (χ1) is 13.0. The van der Waals surface area contributed by atoms with Gasteiger partial charge in [-0.25, -0.2) is 4.99 Å². The third-order valence-corrected chi connectivity index (χ3v) is 4.88. The van der Waals surface area contributed by atoms with E-state index in [4.69, 9.17) is 0 Å². The molecule has 2 aromatic rings. The molecule has 0 aliphatic carbocycles. The number of carbonyl (C=O) groups excluding carboxylic acids is 1. The Morgan fingerprint density at radius 1 is 1.11 bits per heavy atom. The lowest BCUT2D eigenvalue weighted by Gasteiger charge is -2.16. The van der Waals surface area contributed by atoms with Gasteiger partial charge >= 0.3 is 0 Å². The normalized spacial score (nSPS) is 11.2. The molecule has 0 aromatic heterocycles. The zero-order chi connectivity index (χ0) is 19.6. The number of nitrogens with zero attached hydrogens (tertiary/aromatic N) is 2. The van der Waals surface area contributed by atoms with Crippen LogP contribution in [0.15, 0.2) is 58.4 Å². The fraction of sp³-hybridized carbons (Fsp3) is 0.333. The molecule has 1 amide bonds. The first kappa shape index (κ1) is 20.8. The number of benzene rings is 2. The molecular weight excluding hydrogens is 356 g/mol. The Morgan fingerprint density at radius 2 is 1.85 bits per heavy atom. The van der Waals surface area contributed by atoms with Gasteiger partial charge in [-0.1, -0.05) is 42.5 Å². The molecule has 6 heteroatoms. The molecule has 0 unspecified atom stereocenters. The van der Waals surface area contributed by atoms with E-state index in [1.807, 2.05) is 30.3 Å². The fourth-order valence-corrected chi connectivity index (χ4v) is 3.13. The summed E-state index contributed by atoms with van der Waals surface area (Å²) in [5, 5.41) is 6.48. The molecule has 0 fully saturated rings. The zero-order valence-electron chi connectivity index (χ0n) is 16.5. The Labute approximate surface area is 166 Å². The van der Waals surface area contributed by atoms with Crippen molar-refractivity contribution in [3.63, 3.8) is 0 Å². The van der Waals surface area contributed by atoms with Gasteiger partial charge in [0.15, 0.2) is 5.96 Å². The number of likely N-dealkylation sites (N-methyl/N-ethyl adjacent to an activating group) is 1. The maximum atomic E-state index is 11.9. The molecule has 27 heavy (non-hydrogen) atoms. The summed E-state index contributed by atoms with van der Waals surface area (Å²) in [7, 11) is 3.49. The van der Waals surface area contributed by atoms with Gasteiger partial charge in [0.2, 0.25) is 5.91 Å². The summed E-state index contributed by atoms with van der Waals surface area (Å²) in [5.41, 5.74) is 3.58. The van der Waals surface area contributed by atoms with Crippen LogP contribution in [0.3, 0.4) is 0 Å². The van der Waals surface area contributed by atoms with Crippen molar-refractivity contribution in [2.24, 2.45) is 4.99 Å². The van der Waals surface area contributed by atoms with Crippen LogP contribution in [0.4, 0.5) is 0 Å². The first-order valence-corrected chi connectivity index (χ1v) is 10.1. The van der Waals surface area contributed by atoms with E-state index in [1.54, 1.807) is 30.8 Å². The molecular formula is C21H28N4OS. The third-order valence-electron chi connectivity index (χ3n) is 4.06. The van der Waals surface area contributed by atoms with Gasteiger partial charge in [-0.2, -0.15) is 0 Å². The van der Waals surface area contributed by atoms with Crippen molar-refractivity contribution in [3.8, 4) is 0 Å². The lowest BCUT2D eigenvalue weighted by Crippen LogP contribution is -2.42. The molecule has 144 valence electrons. The molecule has 0 bridgehead atoms. The van der Waals surface area contributed by atoms with Crippen LogP contribution in [-0.4, -0.2) is 43.7 Å². The standard InChI is InChI=1S/C21H28N4OS/c1-16-10-11-18(19(12-16)27-4)14-23-21(24-15-20(26)25(2)3)22-13-17-8-6-5-7-9-17/h5-12H,13-15H2,1-4H3,(H2,22,23,24). The van der Waals surface area contributed by atoms with Gasteiger partial charge in [-0.3, -0.25) is 4.79 Å². The van der Waals surface area contributed by atoms with E-state index < -0.39 is 0 Å². The molecule has 2 aromatic carbocycles. The summed E-state index contributed by atoms with van der Waals surface area (Å²) in [6, 6.07) is 16.5. The molecule has 2 rings (SSSR count). The van der Waals surface area contributed by atoms with Gasteiger partial charge in [0.1, 0.15) is 0 Å². The van der Waals surface area contributed by atoms with Crippen molar-refractivity contribution in [2.45, 2.75) is 24.9 Å². The van der Waals surface area contributed by atoms with E-state index >= 15 is 0 Å². The van der Waals surface area contributed by atoms with E-state index in [0.29, 0.717) is 19.0 Å². The van der Waals surface area contributed by atoms with Crippen molar-refractivity contribution in [3.05, 3.63) is 65.2 Å². The number of hydrogen-bond acceptors (Lipinski definition) is 3. The monoisotopic (exact) mass is 384 g/mol. The van der Waals surface area contributed by atoms with E-state index in [2.05, 4.69) is 47.0 Å². The third kappa shape index (κ3) is 6.98. The van der Waals surface area contributed by atoms with Crippen molar-refractivity contribution < 1.29 is 4.79 Å². The number of aliphatic imine (C=N–C) groups is 1. The summed E-state index contributed by atoms with van der Waals surface area (Å²) in [6.07, 6.45) is 2.08. The zero-order valence-corrected chi connectivity index (χ0v) is 17.3. The second-order valence-electron chi connectivity index (χ2n) is 6.46. The first-order valence-electron chi connectivity index (χ1n) is 8.89. The van der Waals surface area contributed by atoms with Crippen molar-refractivity contribution >= 4 is 23.6 Å². The number of rotatable bonds is 7. The number of nitrogens with one attached hydrogen (secondary N) is 2. The average molecular weight is 385 g/mol. The molecule has 0 saturated heterocycles. The van der Waals surface area contributed by atoms with Crippen LogP contribution in [0.2, 0.25) is 0 Å². The molecule has 0 atom stereocenters. The van der Waals surface area contributed by atoms with Crippen LogP contribution in [0.25, 0.3) is 0 Å². The number of aryl methyl sites for hydroxylation is 1. The summed E-state index contributed by atoms with van der Waals surface area (Å²) < 4.78 is 0. The van der Waals surface area contributed by atoms with Crippen LogP contribution in [-0.2, 0) is 17.9 Å². The maximum absolute atomic E-state index is 11.9. The SMILES string of the molecule is CSc1cc(C)ccc1CNC(=NCc1ccccc1)NCC(=O)N(C)C. The largest absolute Gasteiger partial charge is 0.352 e. The van der Waals surface area contributed by atoms with E-state index in [0.717, 1.165) is 5.56 Å². The molecule has 0 radical (unpaired) electrons. The summed E-state index contributed by atoms with van der Waals surface area (Å²) >= 11 is 1.73.